The fourth-order valence-electron chi connectivity index (χ4n) is 11.1. The van der Waals surface area contributed by atoms with Crippen molar-refractivity contribution in [2.45, 2.75) is 59.3 Å². The standard InChI is InChI=1S/C63H57BN2Si/c1-44-40-59-61-60(41-44)66(56-31-21-20-30-53(56)45-22-12-8-13-23-45)58-39-37-52(67(49-24-14-9-15-25-49,50-26-16-10-17-27-50)51-28-18-11-19-29-51)43-55(58)64(61)54-42-47(63(5,6)7)34-38-57(54)65(59)48-35-32-46(33-36-48)62(2,3)4/h8-43H,1-7H3. The van der Waals surface area contributed by atoms with Gasteiger partial charge in [-0.15, -0.1) is 0 Å². The molecule has 2 aliphatic heterocycles. The molecule has 0 aromatic heterocycles. The number of rotatable bonds is 7. The lowest BCUT2D eigenvalue weighted by molar-refractivity contribution is 0.590. The lowest BCUT2D eigenvalue weighted by atomic mass is 9.33. The van der Waals surface area contributed by atoms with E-state index in [4.69, 9.17) is 0 Å². The molecular formula is C63H57BN2Si. The molecule has 11 rings (SSSR count). The van der Waals surface area contributed by atoms with E-state index in [0.717, 1.165) is 0 Å². The van der Waals surface area contributed by atoms with E-state index in [9.17, 15) is 0 Å². The molecule has 0 spiro atoms. The van der Waals surface area contributed by atoms with E-state index in [1.165, 1.54) is 99.1 Å². The van der Waals surface area contributed by atoms with Gasteiger partial charge in [-0.25, -0.2) is 0 Å². The van der Waals surface area contributed by atoms with Crippen LogP contribution in [0.15, 0.2) is 218 Å². The summed E-state index contributed by atoms with van der Waals surface area (Å²) in [7, 11) is -2.91. The summed E-state index contributed by atoms with van der Waals surface area (Å²) < 4.78 is 0. The summed E-state index contributed by atoms with van der Waals surface area (Å²) in [4.78, 5) is 5.16. The quantitative estimate of drug-likeness (QED) is 0.116. The Bertz CT molecular complexity index is 3170. The zero-order valence-corrected chi connectivity index (χ0v) is 40.8. The summed E-state index contributed by atoms with van der Waals surface area (Å²) in [6.07, 6.45) is 0. The first-order chi connectivity index (χ1) is 32.4. The molecule has 2 nitrogen and oxygen atoms in total. The van der Waals surface area contributed by atoms with Crippen LogP contribution >= 0.6 is 0 Å². The first kappa shape index (κ1) is 42.5. The molecular weight excluding hydrogens is 824 g/mol. The number of fused-ring (bicyclic) bond motifs is 4. The lowest BCUT2D eigenvalue weighted by Gasteiger charge is -2.45. The topological polar surface area (TPSA) is 6.48 Å². The third-order valence-electron chi connectivity index (χ3n) is 14.4. The number of nitrogens with zero attached hydrogens (tertiary/aromatic N) is 2. The van der Waals surface area contributed by atoms with Crippen molar-refractivity contribution in [2.24, 2.45) is 0 Å². The molecule has 0 unspecified atom stereocenters. The first-order valence-electron chi connectivity index (χ1n) is 23.9. The molecule has 2 aliphatic rings. The lowest BCUT2D eigenvalue weighted by Crippen LogP contribution is -2.75. The Morgan fingerprint density at radius 1 is 0.373 bits per heavy atom. The van der Waals surface area contributed by atoms with Crippen molar-refractivity contribution in [3.05, 3.63) is 235 Å². The molecule has 9 aromatic carbocycles. The average molecular weight is 881 g/mol. The molecule has 2 heterocycles. The molecule has 0 aliphatic carbocycles. The van der Waals surface area contributed by atoms with Gasteiger partial charge in [0.15, 0.2) is 8.07 Å². The minimum atomic E-state index is -2.91. The van der Waals surface area contributed by atoms with Gasteiger partial charge in [-0.2, -0.15) is 0 Å². The number of hydrogen-bond donors (Lipinski definition) is 0. The number of hydrogen-bond acceptors (Lipinski definition) is 2. The molecule has 326 valence electrons. The molecule has 9 aromatic rings. The zero-order valence-electron chi connectivity index (χ0n) is 39.8. The molecule has 0 saturated carbocycles. The monoisotopic (exact) mass is 880 g/mol. The minimum Gasteiger partial charge on any atom is -0.311 e. The predicted octanol–water partition coefficient (Wildman–Crippen LogP) is 11.7. The van der Waals surface area contributed by atoms with Crippen LogP contribution < -0.4 is 46.9 Å². The van der Waals surface area contributed by atoms with Gasteiger partial charge in [-0.05, 0) is 120 Å². The van der Waals surface area contributed by atoms with E-state index >= 15 is 0 Å². The van der Waals surface area contributed by atoms with Crippen molar-refractivity contribution in [1.82, 2.24) is 0 Å². The molecule has 4 heteroatoms. The summed E-state index contributed by atoms with van der Waals surface area (Å²) in [5, 5.41) is 5.48. The van der Waals surface area contributed by atoms with Crippen molar-refractivity contribution in [3.8, 4) is 11.1 Å². The van der Waals surface area contributed by atoms with Gasteiger partial charge >= 0.3 is 0 Å². The average Bonchev–Trinajstić information content (AvgIpc) is 3.35. The van der Waals surface area contributed by atoms with Gasteiger partial charge in [0.25, 0.3) is 6.71 Å². The van der Waals surface area contributed by atoms with E-state index in [1.807, 2.05) is 0 Å². The van der Waals surface area contributed by atoms with E-state index < -0.39 is 8.07 Å². The summed E-state index contributed by atoms with van der Waals surface area (Å²) in [6.45, 7) is 16.2. The highest BCUT2D eigenvalue weighted by molar-refractivity contribution is 7.20. The van der Waals surface area contributed by atoms with Gasteiger partial charge in [0, 0.05) is 34.0 Å². The van der Waals surface area contributed by atoms with Crippen LogP contribution in [0.2, 0.25) is 0 Å². The van der Waals surface area contributed by atoms with Crippen molar-refractivity contribution in [1.29, 1.82) is 0 Å². The van der Waals surface area contributed by atoms with E-state index in [2.05, 4.69) is 277 Å². The SMILES string of the molecule is Cc1cc2c3c(c1)N(c1ccccc1-c1ccccc1)c1ccc([Si](c4ccccc4)(c4ccccc4)c4ccccc4)cc1B3c1cc(C(C)(C)C)ccc1N2c1ccc(C(C)(C)C)cc1. The fourth-order valence-corrected chi connectivity index (χ4v) is 15.9. The summed E-state index contributed by atoms with van der Waals surface area (Å²) >= 11 is 0. The minimum absolute atomic E-state index is 0.0411. The second kappa shape index (κ2) is 16.3. The van der Waals surface area contributed by atoms with Gasteiger partial charge in [0.05, 0.1) is 5.69 Å². The highest BCUT2D eigenvalue weighted by Gasteiger charge is 2.47. The van der Waals surface area contributed by atoms with Gasteiger partial charge in [0.2, 0.25) is 0 Å². The Hall–Kier alpha value is -7.14. The van der Waals surface area contributed by atoms with Crippen LogP contribution in [0.3, 0.4) is 0 Å². The maximum absolute atomic E-state index is 2.91. The molecule has 0 saturated heterocycles. The highest BCUT2D eigenvalue weighted by Crippen LogP contribution is 2.47. The smallest absolute Gasteiger partial charge is 0.252 e. The summed E-state index contributed by atoms with van der Waals surface area (Å²) in [6, 6.07) is 83.1. The van der Waals surface area contributed by atoms with Crippen LogP contribution in [0.4, 0.5) is 34.1 Å². The van der Waals surface area contributed by atoms with E-state index in [0.29, 0.717) is 0 Å². The van der Waals surface area contributed by atoms with E-state index in [1.54, 1.807) is 0 Å². The number of benzene rings is 9. The summed E-state index contributed by atoms with van der Waals surface area (Å²) in [5.74, 6) is 0. The van der Waals surface area contributed by atoms with Gasteiger partial charge in [-0.1, -0.05) is 217 Å². The second-order valence-corrected chi connectivity index (χ2v) is 24.5. The number of aryl methyl sites for hydroxylation is 1. The van der Waals surface area contributed by atoms with Crippen molar-refractivity contribution < 1.29 is 0 Å². The zero-order chi connectivity index (χ0) is 46.1. The maximum Gasteiger partial charge on any atom is 0.252 e. The number of anilines is 6. The van der Waals surface area contributed by atoms with Crippen molar-refractivity contribution >= 4 is 86.0 Å². The first-order valence-corrected chi connectivity index (χ1v) is 25.9. The Kier molecular flexibility index (Phi) is 10.4. The Morgan fingerprint density at radius 2 is 0.836 bits per heavy atom. The molecule has 0 atom stereocenters. The molecule has 0 bridgehead atoms. The van der Waals surface area contributed by atoms with Crippen LogP contribution in [-0.4, -0.2) is 14.8 Å². The van der Waals surface area contributed by atoms with Crippen LogP contribution in [0.5, 0.6) is 0 Å². The summed E-state index contributed by atoms with van der Waals surface area (Å²) in [5.41, 5.74) is 17.5. The van der Waals surface area contributed by atoms with Crippen LogP contribution in [0, 0.1) is 6.92 Å². The molecule has 0 N–H and O–H groups in total. The largest absolute Gasteiger partial charge is 0.311 e. The third kappa shape index (κ3) is 7.09. The van der Waals surface area contributed by atoms with Crippen LogP contribution in [-0.2, 0) is 10.8 Å². The molecule has 0 amide bonds. The normalized spacial score (nSPS) is 13.2. The Morgan fingerprint density at radius 3 is 1.40 bits per heavy atom. The Labute approximate surface area is 399 Å². The van der Waals surface area contributed by atoms with Crippen molar-refractivity contribution in [2.75, 3.05) is 9.80 Å². The highest BCUT2D eigenvalue weighted by atomic mass is 28.3. The number of para-hydroxylation sites is 1. The second-order valence-electron chi connectivity index (χ2n) is 20.6. The molecule has 0 fully saturated rings. The van der Waals surface area contributed by atoms with E-state index in [-0.39, 0.29) is 17.5 Å². The molecule has 0 radical (unpaired) electrons. The van der Waals surface area contributed by atoms with Crippen molar-refractivity contribution in [3.63, 3.8) is 0 Å². The van der Waals surface area contributed by atoms with Gasteiger partial charge in [0.1, 0.15) is 0 Å². The Balaban J connectivity index is 1.27. The fraction of sp³-hybridized carbons (Fsp3) is 0.143. The predicted molar refractivity (Wildman–Crippen MR) is 292 cm³/mol. The van der Waals surface area contributed by atoms with Gasteiger partial charge < -0.3 is 9.80 Å². The molecule has 67 heavy (non-hydrogen) atoms. The maximum atomic E-state index is 2.64. The van der Waals surface area contributed by atoms with Gasteiger partial charge in [-0.3, -0.25) is 0 Å². The van der Waals surface area contributed by atoms with Crippen LogP contribution in [0.1, 0.15) is 58.2 Å². The van der Waals surface area contributed by atoms with Crippen LogP contribution in [0.25, 0.3) is 11.1 Å². The third-order valence-corrected chi connectivity index (χ3v) is 19.1.